The lowest BCUT2D eigenvalue weighted by Crippen LogP contribution is -2.19. The quantitative estimate of drug-likeness (QED) is 0.738. The van der Waals surface area contributed by atoms with Crippen LogP contribution in [0.2, 0.25) is 0 Å². The van der Waals surface area contributed by atoms with E-state index in [-0.39, 0.29) is 0 Å². The first-order chi connectivity index (χ1) is 7.85. The molecule has 1 heteroatoms. The van der Waals surface area contributed by atoms with Crippen LogP contribution in [0.5, 0.6) is 0 Å². The number of unbranched alkanes of at least 4 members (excludes halogenated alkanes) is 1. The molecule has 88 valence electrons. The molecule has 1 aromatic carbocycles. The molecule has 0 radical (unpaired) electrons. The van der Waals surface area contributed by atoms with E-state index in [9.17, 15) is 0 Å². The number of hydrogen-bond donors (Lipinski definition) is 0. The van der Waals surface area contributed by atoms with Gasteiger partial charge in [-0.1, -0.05) is 50.5 Å². The molecule has 2 rings (SSSR count). The summed E-state index contributed by atoms with van der Waals surface area (Å²) in [7, 11) is 1.84. The smallest absolute Gasteiger partial charge is 0.0826 e. The number of rotatable bonds is 4. The predicted octanol–water partition coefficient (Wildman–Crippen LogP) is 4.13. The van der Waals surface area contributed by atoms with Gasteiger partial charge in [-0.2, -0.15) is 0 Å². The van der Waals surface area contributed by atoms with Crippen molar-refractivity contribution in [2.45, 2.75) is 45.1 Å². The van der Waals surface area contributed by atoms with Crippen molar-refractivity contribution in [3.63, 3.8) is 0 Å². The minimum atomic E-state index is 0.326. The van der Waals surface area contributed by atoms with Crippen molar-refractivity contribution in [3.05, 3.63) is 35.4 Å². The van der Waals surface area contributed by atoms with Crippen molar-refractivity contribution in [2.24, 2.45) is 5.92 Å². The maximum atomic E-state index is 5.63. The summed E-state index contributed by atoms with van der Waals surface area (Å²) >= 11 is 0. The highest BCUT2D eigenvalue weighted by atomic mass is 16.5. The molecule has 0 aliphatic heterocycles. The van der Waals surface area contributed by atoms with E-state index in [1.165, 1.54) is 43.2 Å². The molecular weight excluding hydrogens is 196 g/mol. The topological polar surface area (TPSA) is 9.23 Å². The Morgan fingerprint density at radius 1 is 1.31 bits per heavy atom. The summed E-state index contributed by atoms with van der Waals surface area (Å²) in [6, 6.07) is 8.75. The van der Waals surface area contributed by atoms with Crippen molar-refractivity contribution in [1.29, 1.82) is 0 Å². The Labute approximate surface area is 98.8 Å². The van der Waals surface area contributed by atoms with Gasteiger partial charge in [-0.3, -0.25) is 0 Å². The Balaban J connectivity index is 2.12. The van der Waals surface area contributed by atoms with Gasteiger partial charge in [0.1, 0.15) is 0 Å². The Kier molecular flexibility index (Phi) is 4.00. The van der Waals surface area contributed by atoms with Crippen LogP contribution in [0.25, 0.3) is 0 Å². The molecule has 0 N–H and O–H groups in total. The van der Waals surface area contributed by atoms with Gasteiger partial charge in [-0.05, 0) is 29.9 Å². The van der Waals surface area contributed by atoms with Crippen LogP contribution in [-0.2, 0) is 11.2 Å². The second-order valence-electron chi connectivity index (χ2n) is 4.87. The third-order valence-corrected chi connectivity index (χ3v) is 3.71. The second-order valence-corrected chi connectivity index (χ2v) is 4.87. The van der Waals surface area contributed by atoms with E-state index in [4.69, 9.17) is 4.74 Å². The van der Waals surface area contributed by atoms with Crippen LogP contribution < -0.4 is 0 Å². The zero-order valence-corrected chi connectivity index (χ0v) is 10.4. The largest absolute Gasteiger partial charge is 0.377 e. The molecular formula is C15H22O. The summed E-state index contributed by atoms with van der Waals surface area (Å²) in [6.45, 7) is 2.27. The van der Waals surface area contributed by atoms with Gasteiger partial charge in [-0.15, -0.1) is 0 Å². The molecule has 1 nitrogen and oxygen atoms in total. The van der Waals surface area contributed by atoms with E-state index in [2.05, 4.69) is 31.2 Å². The average Bonchev–Trinajstić information content (AvgIpc) is 2.35. The van der Waals surface area contributed by atoms with Crippen LogP contribution in [0.3, 0.4) is 0 Å². The van der Waals surface area contributed by atoms with Gasteiger partial charge in [0.15, 0.2) is 0 Å². The molecule has 0 bridgehead atoms. The molecule has 0 saturated carbocycles. The zero-order valence-electron chi connectivity index (χ0n) is 10.4. The summed E-state index contributed by atoms with van der Waals surface area (Å²) in [5, 5.41) is 0. The Hall–Kier alpha value is -0.820. The fourth-order valence-corrected chi connectivity index (χ4v) is 2.79. The van der Waals surface area contributed by atoms with Crippen molar-refractivity contribution < 1.29 is 4.74 Å². The van der Waals surface area contributed by atoms with E-state index < -0.39 is 0 Å². The first-order valence-corrected chi connectivity index (χ1v) is 6.45. The van der Waals surface area contributed by atoms with Gasteiger partial charge in [0.2, 0.25) is 0 Å². The van der Waals surface area contributed by atoms with Gasteiger partial charge in [0.05, 0.1) is 6.10 Å². The van der Waals surface area contributed by atoms with E-state index >= 15 is 0 Å². The Bertz CT molecular complexity index is 332. The molecule has 0 aromatic heterocycles. The first-order valence-electron chi connectivity index (χ1n) is 6.45. The number of ether oxygens (including phenoxy) is 1. The molecule has 0 amide bonds. The lowest BCUT2D eigenvalue weighted by Gasteiger charge is -2.30. The lowest BCUT2D eigenvalue weighted by atomic mass is 9.80. The van der Waals surface area contributed by atoms with Crippen LogP contribution in [-0.4, -0.2) is 7.11 Å². The van der Waals surface area contributed by atoms with Crippen LogP contribution >= 0.6 is 0 Å². The maximum absolute atomic E-state index is 5.63. The van der Waals surface area contributed by atoms with Crippen molar-refractivity contribution in [2.75, 3.05) is 7.11 Å². The molecule has 2 atom stereocenters. The van der Waals surface area contributed by atoms with Crippen molar-refractivity contribution >= 4 is 0 Å². The fourth-order valence-electron chi connectivity index (χ4n) is 2.79. The lowest BCUT2D eigenvalue weighted by molar-refractivity contribution is 0.0696. The molecule has 0 fully saturated rings. The molecule has 16 heavy (non-hydrogen) atoms. The molecule has 0 spiro atoms. The molecule has 1 aliphatic rings. The molecule has 0 heterocycles. The van der Waals surface area contributed by atoms with Crippen LogP contribution in [0.15, 0.2) is 24.3 Å². The third kappa shape index (κ3) is 2.46. The molecule has 1 aliphatic carbocycles. The van der Waals surface area contributed by atoms with Gasteiger partial charge in [-0.25, -0.2) is 0 Å². The SMILES string of the molecule is CCCC[C@H]1Cc2ccccc2[C@@H](OC)C1. The van der Waals surface area contributed by atoms with Gasteiger partial charge < -0.3 is 4.74 Å². The Morgan fingerprint density at radius 2 is 2.12 bits per heavy atom. The van der Waals surface area contributed by atoms with Crippen molar-refractivity contribution in [3.8, 4) is 0 Å². The van der Waals surface area contributed by atoms with Crippen LogP contribution in [0.1, 0.15) is 49.8 Å². The van der Waals surface area contributed by atoms with Gasteiger partial charge in [0.25, 0.3) is 0 Å². The van der Waals surface area contributed by atoms with Crippen LogP contribution in [0, 0.1) is 5.92 Å². The molecule has 0 saturated heterocycles. The van der Waals surface area contributed by atoms with Crippen molar-refractivity contribution in [1.82, 2.24) is 0 Å². The predicted molar refractivity (Wildman–Crippen MR) is 67.5 cm³/mol. The fraction of sp³-hybridized carbons (Fsp3) is 0.600. The minimum Gasteiger partial charge on any atom is -0.377 e. The van der Waals surface area contributed by atoms with E-state index in [0.29, 0.717) is 6.10 Å². The maximum Gasteiger partial charge on any atom is 0.0826 e. The number of methoxy groups -OCH3 is 1. The highest BCUT2D eigenvalue weighted by Gasteiger charge is 2.25. The Morgan fingerprint density at radius 3 is 2.88 bits per heavy atom. The number of benzene rings is 1. The normalized spacial score (nSPS) is 24.1. The second kappa shape index (κ2) is 5.49. The number of fused-ring (bicyclic) bond motifs is 1. The van der Waals surface area contributed by atoms with E-state index in [1.54, 1.807) is 0 Å². The van der Waals surface area contributed by atoms with E-state index in [1.807, 2.05) is 7.11 Å². The summed E-state index contributed by atoms with van der Waals surface area (Å²) < 4.78 is 5.63. The molecule has 1 aromatic rings. The highest BCUT2D eigenvalue weighted by Crippen LogP contribution is 2.37. The monoisotopic (exact) mass is 218 g/mol. The number of hydrogen-bond acceptors (Lipinski definition) is 1. The van der Waals surface area contributed by atoms with Gasteiger partial charge >= 0.3 is 0 Å². The molecule has 0 unspecified atom stereocenters. The summed E-state index contributed by atoms with van der Waals surface area (Å²) in [6.07, 6.45) is 6.78. The third-order valence-electron chi connectivity index (χ3n) is 3.71. The van der Waals surface area contributed by atoms with Crippen LogP contribution in [0.4, 0.5) is 0 Å². The van der Waals surface area contributed by atoms with Gasteiger partial charge in [0, 0.05) is 7.11 Å². The summed E-state index contributed by atoms with van der Waals surface area (Å²) in [5.41, 5.74) is 2.92. The summed E-state index contributed by atoms with van der Waals surface area (Å²) in [5.74, 6) is 0.819. The van der Waals surface area contributed by atoms with E-state index in [0.717, 1.165) is 5.92 Å². The highest BCUT2D eigenvalue weighted by molar-refractivity contribution is 5.31. The summed E-state index contributed by atoms with van der Waals surface area (Å²) in [4.78, 5) is 0. The average molecular weight is 218 g/mol. The standard InChI is InChI=1S/C15H22O/c1-3-4-7-12-10-13-8-5-6-9-14(13)15(11-12)16-2/h5-6,8-9,12,15H,3-4,7,10-11H2,1-2H3/t12-,15-/m0/s1. The minimum absolute atomic E-state index is 0.326. The first kappa shape index (κ1) is 11.7. The zero-order chi connectivity index (χ0) is 11.4.